The molecule has 0 bridgehead atoms. The summed E-state index contributed by atoms with van der Waals surface area (Å²) >= 11 is 5.97. The number of tetrazole rings is 1. The molecule has 0 saturated carbocycles. The van der Waals surface area contributed by atoms with Gasteiger partial charge in [-0.2, -0.15) is 4.80 Å². The van der Waals surface area contributed by atoms with Gasteiger partial charge in [0.2, 0.25) is 0 Å². The van der Waals surface area contributed by atoms with Gasteiger partial charge in [0.25, 0.3) is 0 Å². The summed E-state index contributed by atoms with van der Waals surface area (Å²) in [6, 6.07) is 0. The van der Waals surface area contributed by atoms with E-state index in [0.29, 0.717) is 0 Å². The first-order valence-electron chi connectivity index (χ1n) is 4.76. The van der Waals surface area contributed by atoms with Crippen LogP contribution in [0, 0.1) is 5.41 Å². The lowest BCUT2D eigenvalue weighted by Gasteiger charge is -2.23. The summed E-state index contributed by atoms with van der Waals surface area (Å²) in [7, 11) is 1.77. The van der Waals surface area contributed by atoms with Crippen molar-refractivity contribution in [2.45, 2.75) is 39.0 Å². The van der Waals surface area contributed by atoms with Crippen LogP contribution < -0.4 is 0 Å². The first kappa shape index (κ1) is 11.4. The van der Waals surface area contributed by atoms with Gasteiger partial charge in [-0.05, 0) is 24.0 Å². The Kier molecular flexibility index (Phi) is 3.48. The molecule has 0 radical (unpaired) electrons. The Bertz CT molecular complexity index is 293. The molecule has 0 aliphatic heterocycles. The molecule has 0 aromatic carbocycles. The van der Waals surface area contributed by atoms with Gasteiger partial charge >= 0.3 is 0 Å². The van der Waals surface area contributed by atoms with E-state index >= 15 is 0 Å². The van der Waals surface area contributed by atoms with Crippen LogP contribution in [0.5, 0.6) is 0 Å². The maximum absolute atomic E-state index is 5.97. The fourth-order valence-corrected chi connectivity index (χ4v) is 2.07. The predicted octanol–water partition coefficient (Wildman–Crippen LogP) is 1.80. The SMILES string of the molecule is CC(Cl)CC(C)(C)Cc1nnn(C)n1. The Morgan fingerprint density at radius 2 is 2.14 bits per heavy atom. The standard InChI is InChI=1S/C9H17ClN4/c1-7(10)5-9(2,3)6-8-11-13-14(4)12-8/h7H,5-6H2,1-4H3. The number of hydrogen-bond acceptors (Lipinski definition) is 3. The van der Waals surface area contributed by atoms with E-state index in [9.17, 15) is 0 Å². The molecule has 0 aliphatic rings. The van der Waals surface area contributed by atoms with Gasteiger partial charge in [0.05, 0.1) is 7.05 Å². The Labute approximate surface area is 89.6 Å². The lowest BCUT2D eigenvalue weighted by Crippen LogP contribution is -2.19. The van der Waals surface area contributed by atoms with Crippen LogP contribution in [-0.4, -0.2) is 25.6 Å². The summed E-state index contributed by atoms with van der Waals surface area (Å²) < 4.78 is 0. The molecule has 0 spiro atoms. The smallest absolute Gasteiger partial charge is 0.167 e. The number of hydrogen-bond donors (Lipinski definition) is 0. The zero-order valence-corrected chi connectivity index (χ0v) is 9.91. The fraction of sp³-hybridized carbons (Fsp3) is 0.889. The summed E-state index contributed by atoms with van der Waals surface area (Å²) in [5.41, 5.74) is 0.129. The maximum atomic E-state index is 5.97. The fourth-order valence-electron chi connectivity index (χ4n) is 1.66. The van der Waals surface area contributed by atoms with Crippen molar-refractivity contribution in [2.24, 2.45) is 12.5 Å². The van der Waals surface area contributed by atoms with Gasteiger partial charge in [-0.25, -0.2) is 0 Å². The van der Waals surface area contributed by atoms with Crippen LogP contribution in [0.2, 0.25) is 0 Å². The van der Waals surface area contributed by atoms with Gasteiger partial charge in [0.1, 0.15) is 0 Å². The molecule has 14 heavy (non-hydrogen) atoms. The molecule has 0 saturated heterocycles. The lowest BCUT2D eigenvalue weighted by molar-refractivity contribution is 0.324. The molecular weight excluding hydrogens is 200 g/mol. The van der Waals surface area contributed by atoms with Crippen molar-refractivity contribution in [3.8, 4) is 0 Å². The van der Waals surface area contributed by atoms with Gasteiger partial charge in [0.15, 0.2) is 5.82 Å². The Balaban J connectivity index is 2.58. The summed E-state index contributed by atoms with van der Waals surface area (Å²) in [5.74, 6) is 0.787. The monoisotopic (exact) mass is 216 g/mol. The number of halogens is 1. The maximum Gasteiger partial charge on any atom is 0.175 e. The molecule has 1 heterocycles. The quantitative estimate of drug-likeness (QED) is 0.721. The minimum absolute atomic E-state index is 0.129. The van der Waals surface area contributed by atoms with E-state index in [1.165, 1.54) is 4.80 Å². The van der Waals surface area contributed by atoms with Gasteiger partial charge in [-0.3, -0.25) is 0 Å². The predicted molar refractivity (Wildman–Crippen MR) is 56.2 cm³/mol. The zero-order chi connectivity index (χ0) is 10.8. The summed E-state index contributed by atoms with van der Waals surface area (Å²) in [5, 5.41) is 12.1. The highest BCUT2D eigenvalue weighted by molar-refractivity contribution is 6.20. The number of aryl methyl sites for hydroxylation is 1. The minimum atomic E-state index is 0.129. The highest BCUT2D eigenvalue weighted by atomic mass is 35.5. The van der Waals surface area contributed by atoms with Gasteiger partial charge in [-0.15, -0.1) is 21.8 Å². The van der Waals surface area contributed by atoms with Gasteiger partial charge < -0.3 is 0 Å². The lowest BCUT2D eigenvalue weighted by atomic mass is 9.84. The minimum Gasteiger partial charge on any atom is -0.167 e. The van der Waals surface area contributed by atoms with Crippen LogP contribution in [0.3, 0.4) is 0 Å². The molecule has 0 N–H and O–H groups in total. The van der Waals surface area contributed by atoms with Crippen molar-refractivity contribution in [1.82, 2.24) is 20.2 Å². The number of rotatable bonds is 4. The Morgan fingerprint density at radius 3 is 2.57 bits per heavy atom. The molecular formula is C9H17ClN4. The topological polar surface area (TPSA) is 43.6 Å². The van der Waals surface area contributed by atoms with E-state index in [4.69, 9.17) is 11.6 Å². The first-order valence-corrected chi connectivity index (χ1v) is 5.20. The summed E-state index contributed by atoms with van der Waals surface area (Å²) in [6.07, 6.45) is 1.77. The second-order valence-electron chi connectivity index (χ2n) is 4.52. The first-order chi connectivity index (χ1) is 6.39. The third-order valence-corrected chi connectivity index (χ3v) is 2.17. The van der Waals surface area contributed by atoms with Crippen molar-refractivity contribution < 1.29 is 0 Å². The zero-order valence-electron chi connectivity index (χ0n) is 9.16. The van der Waals surface area contributed by atoms with Crippen molar-refractivity contribution in [1.29, 1.82) is 0 Å². The molecule has 0 aliphatic carbocycles. The largest absolute Gasteiger partial charge is 0.175 e. The van der Waals surface area contributed by atoms with Crippen molar-refractivity contribution in [2.75, 3.05) is 0 Å². The highest BCUT2D eigenvalue weighted by Crippen LogP contribution is 2.27. The summed E-state index contributed by atoms with van der Waals surface area (Å²) in [6.45, 7) is 6.35. The van der Waals surface area contributed by atoms with E-state index in [1.54, 1.807) is 7.05 Å². The third kappa shape index (κ3) is 3.62. The Hall–Kier alpha value is -0.640. The average molecular weight is 217 g/mol. The second-order valence-corrected chi connectivity index (χ2v) is 5.27. The molecule has 1 aromatic rings. The molecule has 0 fully saturated rings. The van der Waals surface area contributed by atoms with Crippen LogP contribution in [-0.2, 0) is 13.5 Å². The van der Waals surface area contributed by atoms with E-state index in [0.717, 1.165) is 18.7 Å². The van der Waals surface area contributed by atoms with Gasteiger partial charge in [0, 0.05) is 11.8 Å². The van der Waals surface area contributed by atoms with Crippen LogP contribution >= 0.6 is 11.6 Å². The van der Waals surface area contributed by atoms with Crippen molar-refractivity contribution in [3.05, 3.63) is 5.82 Å². The molecule has 4 nitrogen and oxygen atoms in total. The van der Waals surface area contributed by atoms with E-state index in [2.05, 4.69) is 29.3 Å². The van der Waals surface area contributed by atoms with Gasteiger partial charge in [-0.1, -0.05) is 13.8 Å². The van der Waals surface area contributed by atoms with Crippen LogP contribution in [0.4, 0.5) is 0 Å². The Morgan fingerprint density at radius 1 is 1.50 bits per heavy atom. The highest BCUT2D eigenvalue weighted by Gasteiger charge is 2.22. The molecule has 1 rings (SSSR count). The molecule has 80 valence electrons. The molecule has 1 aromatic heterocycles. The van der Waals surface area contributed by atoms with E-state index in [1.807, 2.05) is 6.92 Å². The molecule has 1 atom stereocenters. The van der Waals surface area contributed by atoms with E-state index < -0.39 is 0 Å². The van der Waals surface area contributed by atoms with Crippen LogP contribution in [0.1, 0.15) is 33.0 Å². The van der Waals surface area contributed by atoms with Crippen molar-refractivity contribution in [3.63, 3.8) is 0 Å². The average Bonchev–Trinajstić information content (AvgIpc) is 2.30. The molecule has 1 unspecified atom stereocenters. The van der Waals surface area contributed by atoms with E-state index in [-0.39, 0.29) is 10.8 Å². The molecule has 5 heteroatoms. The number of nitrogens with zero attached hydrogens (tertiary/aromatic N) is 4. The van der Waals surface area contributed by atoms with Crippen LogP contribution in [0.25, 0.3) is 0 Å². The van der Waals surface area contributed by atoms with Crippen molar-refractivity contribution >= 4 is 11.6 Å². The number of alkyl halides is 1. The summed E-state index contributed by atoms with van der Waals surface area (Å²) in [4.78, 5) is 1.48. The second kappa shape index (κ2) is 4.26. The normalized spacial score (nSPS) is 14.4. The molecule has 0 amide bonds. The number of aromatic nitrogens is 4. The van der Waals surface area contributed by atoms with Crippen LogP contribution in [0.15, 0.2) is 0 Å². The third-order valence-electron chi connectivity index (χ3n) is 2.02.